The standard InChI is InChI=1S/C20H22F3N3O/c1-13-2-5-19(18(23)10-13)25-20(27)24-15-6-8-26(9-7-15)12-14-3-4-16(21)17(22)11-14/h2-5,10-11,15H,6-9,12H2,1H3,(H2,24,25,27). The first kappa shape index (κ1) is 19.2. The van der Waals surface area contributed by atoms with Gasteiger partial charge in [0.1, 0.15) is 5.82 Å². The highest BCUT2D eigenvalue weighted by Gasteiger charge is 2.21. The summed E-state index contributed by atoms with van der Waals surface area (Å²) >= 11 is 0. The van der Waals surface area contributed by atoms with Crippen LogP contribution < -0.4 is 10.6 Å². The monoisotopic (exact) mass is 377 g/mol. The molecule has 1 aliphatic heterocycles. The summed E-state index contributed by atoms with van der Waals surface area (Å²) < 4.78 is 40.1. The van der Waals surface area contributed by atoms with Crippen LogP contribution in [0.1, 0.15) is 24.0 Å². The Morgan fingerprint density at radius 1 is 1.04 bits per heavy atom. The number of piperidine rings is 1. The number of likely N-dealkylation sites (tertiary alicyclic amines) is 1. The second-order valence-corrected chi connectivity index (χ2v) is 6.88. The molecule has 2 amide bonds. The Balaban J connectivity index is 1.46. The maximum absolute atomic E-state index is 13.8. The maximum atomic E-state index is 13.8. The lowest BCUT2D eigenvalue weighted by atomic mass is 10.0. The van der Waals surface area contributed by atoms with E-state index in [2.05, 4.69) is 15.5 Å². The molecule has 144 valence electrons. The van der Waals surface area contributed by atoms with Crippen LogP contribution in [0.3, 0.4) is 0 Å². The van der Waals surface area contributed by atoms with Gasteiger partial charge in [0, 0.05) is 25.7 Å². The van der Waals surface area contributed by atoms with Gasteiger partial charge in [-0.2, -0.15) is 0 Å². The summed E-state index contributed by atoms with van der Waals surface area (Å²) in [6, 6.07) is 8.11. The smallest absolute Gasteiger partial charge is 0.319 e. The third-order valence-electron chi connectivity index (χ3n) is 4.69. The molecule has 0 atom stereocenters. The highest BCUT2D eigenvalue weighted by molar-refractivity contribution is 5.89. The molecule has 0 aromatic heterocycles. The summed E-state index contributed by atoms with van der Waals surface area (Å²) in [4.78, 5) is 14.2. The predicted molar refractivity (Wildman–Crippen MR) is 97.9 cm³/mol. The van der Waals surface area contributed by atoms with Crippen LogP contribution in [0, 0.1) is 24.4 Å². The fourth-order valence-corrected chi connectivity index (χ4v) is 3.20. The topological polar surface area (TPSA) is 44.4 Å². The fourth-order valence-electron chi connectivity index (χ4n) is 3.20. The molecule has 1 saturated heterocycles. The quantitative estimate of drug-likeness (QED) is 0.839. The van der Waals surface area contributed by atoms with E-state index < -0.39 is 23.5 Å². The third kappa shape index (κ3) is 5.23. The van der Waals surface area contributed by atoms with E-state index in [4.69, 9.17) is 0 Å². The molecule has 1 fully saturated rings. The minimum absolute atomic E-state index is 0.0142. The third-order valence-corrected chi connectivity index (χ3v) is 4.69. The number of aryl methyl sites for hydroxylation is 1. The normalized spacial score (nSPS) is 15.6. The first-order valence-electron chi connectivity index (χ1n) is 8.90. The molecular formula is C20H22F3N3O. The molecule has 3 rings (SSSR count). The summed E-state index contributed by atoms with van der Waals surface area (Å²) in [5, 5.41) is 5.39. The molecule has 4 nitrogen and oxygen atoms in total. The molecule has 0 spiro atoms. The van der Waals surface area contributed by atoms with Gasteiger partial charge in [-0.05, 0) is 55.2 Å². The van der Waals surface area contributed by atoms with E-state index in [9.17, 15) is 18.0 Å². The zero-order valence-corrected chi connectivity index (χ0v) is 15.1. The summed E-state index contributed by atoms with van der Waals surface area (Å²) in [6.45, 7) is 3.76. The van der Waals surface area contributed by atoms with Gasteiger partial charge in [-0.1, -0.05) is 12.1 Å². The largest absolute Gasteiger partial charge is 0.335 e. The van der Waals surface area contributed by atoms with Crippen molar-refractivity contribution in [3.8, 4) is 0 Å². The van der Waals surface area contributed by atoms with E-state index in [-0.39, 0.29) is 11.7 Å². The number of nitrogens with zero attached hydrogens (tertiary/aromatic N) is 1. The van der Waals surface area contributed by atoms with Gasteiger partial charge in [0.25, 0.3) is 0 Å². The number of urea groups is 1. The van der Waals surface area contributed by atoms with E-state index in [1.54, 1.807) is 19.1 Å². The molecule has 2 aromatic rings. The van der Waals surface area contributed by atoms with Crippen LogP contribution in [0.15, 0.2) is 36.4 Å². The van der Waals surface area contributed by atoms with Crippen LogP contribution in [0.2, 0.25) is 0 Å². The zero-order valence-electron chi connectivity index (χ0n) is 15.1. The number of nitrogens with one attached hydrogen (secondary N) is 2. The van der Waals surface area contributed by atoms with Crippen molar-refractivity contribution in [2.75, 3.05) is 18.4 Å². The second-order valence-electron chi connectivity index (χ2n) is 6.88. The van der Waals surface area contributed by atoms with Crippen LogP contribution in [0.25, 0.3) is 0 Å². The Labute approximate surface area is 156 Å². The van der Waals surface area contributed by atoms with Gasteiger partial charge in [0.15, 0.2) is 11.6 Å². The number of benzene rings is 2. The lowest BCUT2D eigenvalue weighted by Crippen LogP contribution is -2.45. The number of hydrogen-bond acceptors (Lipinski definition) is 2. The van der Waals surface area contributed by atoms with Gasteiger partial charge in [-0.3, -0.25) is 4.90 Å². The number of halogens is 3. The van der Waals surface area contributed by atoms with Crippen molar-refractivity contribution in [2.24, 2.45) is 0 Å². The van der Waals surface area contributed by atoms with E-state index in [0.29, 0.717) is 12.1 Å². The molecule has 0 saturated carbocycles. The Bertz CT molecular complexity index is 820. The molecule has 7 heteroatoms. The Hall–Kier alpha value is -2.54. The van der Waals surface area contributed by atoms with E-state index in [1.165, 1.54) is 18.2 Å². The number of rotatable bonds is 4. The summed E-state index contributed by atoms with van der Waals surface area (Å²) in [7, 11) is 0. The minimum Gasteiger partial charge on any atom is -0.335 e. The molecule has 0 aliphatic carbocycles. The predicted octanol–water partition coefficient (Wildman–Crippen LogP) is 4.20. The SMILES string of the molecule is Cc1ccc(NC(=O)NC2CCN(Cc3ccc(F)c(F)c3)CC2)c(F)c1. The average molecular weight is 377 g/mol. The maximum Gasteiger partial charge on any atom is 0.319 e. The van der Waals surface area contributed by atoms with Crippen molar-refractivity contribution >= 4 is 11.7 Å². The fraction of sp³-hybridized carbons (Fsp3) is 0.350. The lowest BCUT2D eigenvalue weighted by molar-refractivity contribution is 0.189. The molecule has 0 radical (unpaired) electrons. The number of anilines is 1. The van der Waals surface area contributed by atoms with Crippen molar-refractivity contribution in [3.05, 3.63) is 65.0 Å². The van der Waals surface area contributed by atoms with Gasteiger partial charge >= 0.3 is 6.03 Å². The Morgan fingerprint density at radius 2 is 1.78 bits per heavy atom. The number of carbonyl (C=O) groups is 1. The van der Waals surface area contributed by atoms with Crippen molar-refractivity contribution in [1.82, 2.24) is 10.2 Å². The minimum atomic E-state index is -0.849. The summed E-state index contributed by atoms with van der Waals surface area (Å²) in [5.41, 5.74) is 1.65. The van der Waals surface area contributed by atoms with Gasteiger partial charge in [0.05, 0.1) is 5.69 Å². The van der Waals surface area contributed by atoms with Crippen LogP contribution in [0.5, 0.6) is 0 Å². The van der Waals surface area contributed by atoms with Crippen LogP contribution in [-0.4, -0.2) is 30.1 Å². The first-order valence-corrected chi connectivity index (χ1v) is 8.90. The molecule has 1 heterocycles. The van der Waals surface area contributed by atoms with E-state index in [0.717, 1.165) is 37.6 Å². The highest BCUT2D eigenvalue weighted by Crippen LogP contribution is 2.17. The first-order chi connectivity index (χ1) is 12.9. The van der Waals surface area contributed by atoms with Crippen molar-refractivity contribution in [1.29, 1.82) is 0 Å². The van der Waals surface area contributed by atoms with Gasteiger partial charge < -0.3 is 10.6 Å². The van der Waals surface area contributed by atoms with Crippen molar-refractivity contribution in [2.45, 2.75) is 32.4 Å². The van der Waals surface area contributed by atoms with Crippen molar-refractivity contribution < 1.29 is 18.0 Å². The van der Waals surface area contributed by atoms with Crippen molar-refractivity contribution in [3.63, 3.8) is 0 Å². The number of hydrogen-bond donors (Lipinski definition) is 2. The summed E-state index contributed by atoms with van der Waals surface area (Å²) in [5.74, 6) is -2.16. The Kier molecular flexibility index (Phi) is 6.01. The van der Waals surface area contributed by atoms with E-state index in [1.807, 2.05) is 0 Å². The molecule has 1 aliphatic rings. The van der Waals surface area contributed by atoms with Crippen LogP contribution >= 0.6 is 0 Å². The molecular weight excluding hydrogens is 355 g/mol. The van der Waals surface area contributed by atoms with Gasteiger partial charge in [-0.25, -0.2) is 18.0 Å². The summed E-state index contributed by atoms with van der Waals surface area (Å²) in [6.07, 6.45) is 1.46. The zero-order chi connectivity index (χ0) is 19.4. The highest BCUT2D eigenvalue weighted by atomic mass is 19.2. The van der Waals surface area contributed by atoms with Gasteiger partial charge in [-0.15, -0.1) is 0 Å². The number of carbonyl (C=O) groups excluding carboxylic acids is 1. The van der Waals surface area contributed by atoms with Crippen LogP contribution in [0.4, 0.5) is 23.7 Å². The molecule has 0 unspecified atom stereocenters. The molecule has 27 heavy (non-hydrogen) atoms. The number of amides is 2. The van der Waals surface area contributed by atoms with E-state index >= 15 is 0 Å². The molecule has 2 N–H and O–H groups in total. The van der Waals surface area contributed by atoms with Crippen LogP contribution in [-0.2, 0) is 6.54 Å². The molecule has 2 aromatic carbocycles. The van der Waals surface area contributed by atoms with Gasteiger partial charge in [0.2, 0.25) is 0 Å². The molecule has 0 bridgehead atoms. The Morgan fingerprint density at radius 3 is 2.44 bits per heavy atom. The lowest BCUT2D eigenvalue weighted by Gasteiger charge is -2.32. The second kappa shape index (κ2) is 8.43. The average Bonchev–Trinajstić information content (AvgIpc) is 2.62.